The lowest BCUT2D eigenvalue weighted by molar-refractivity contribution is -0.137. The van der Waals surface area contributed by atoms with Crippen LogP contribution in [0, 0.1) is 0 Å². The van der Waals surface area contributed by atoms with E-state index in [1.807, 2.05) is 19.1 Å². The highest BCUT2D eigenvalue weighted by atomic mass is 32.2. The van der Waals surface area contributed by atoms with E-state index in [1.165, 1.54) is 6.26 Å². The summed E-state index contributed by atoms with van der Waals surface area (Å²) in [6.07, 6.45) is 1.84. The molecule has 32 heavy (non-hydrogen) atoms. The second-order valence-corrected chi connectivity index (χ2v) is 9.40. The molecule has 8 nitrogen and oxygen atoms in total. The fourth-order valence-electron chi connectivity index (χ4n) is 3.13. The molecule has 2 aromatic carbocycles. The number of amides is 1. The second-order valence-electron chi connectivity index (χ2n) is 7.39. The third-order valence-corrected chi connectivity index (χ3v) is 6.13. The van der Waals surface area contributed by atoms with Crippen LogP contribution in [0.15, 0.2) is 58.6 Å². The molecule has 1 aliphatic heterocycles. The number of nitrogens with zero attached hydrogens (tertiary/aromatic N) is 2. The summed E-state index contributed by atoms with van der Waals surface area (Å²) in [5, 5.41) is 4.23. The minimum atomic E-state index is -3.22. The zero-order valence-corrected chi connectivity index (χ0v) is 19.1. The molecular weight excluding hydrogens is 432 g/mol. The standard InChI is InChI=1S/C23H28N2O6S/c1-3-22(24-31-16-18-4-10-21(11-5-18)32(2,27)28)19-6-8-20(9-7-19)30-17-23(26)25-12-14-29-15-13-25/h4-11H,3,12-17H2,1-2H3/b24-22+. The van der Waals surface area contributed by atoms with Gasteiger partial charge in [-0.1, -0.05) is 24.2 Å². The first-order valence-electron chi connectivity index (χ1n) is 10.4. The third kappa shape index (κ3) is 6.80. The maximum atomic E-state index is 12.2. The van der Waals surface area contributed by atoms with Crippen molar-refractivity contribution in [1.82, 2.24) is 4.90 Å². The molecule has 0 aromatic heterocycles. The van der Waals surface area contributed by atoms with E-state index in [2.05, 4.69) is 5.16 Å². The highest BCUT2D eigenvalue weighted by Crippen LogP contribution is 2.16. The van der Waals surface area contributed by atoms with Crippen LogP contribution in [0.2, 0.25) is 0 Å². The van der Waals surface area contributed by atoms with Gasteiger partial charge in [-0.15, -0.1) is 0 Å². The predicted molar refractivity (Wildman–Crippen MR) is 121 cm³/mol. The molecule has 0 N–H and O–H groups in total. The van der Waals surface area contributed by atoms with Gasteiger partial charge >= 0.3 is 0 Å². The Hall–Kier alpha value is -2.91. The smallest absolute Gasteiger partial charge is 0.260 e. The van der Waals surface area contributed by atoms with Gasteiger partial charge < -0.3 is 19.2 Å². The summed E-state index contributed by atoms with van der Waals surface area (Å²) in [6, 6.07) is 13.9. The first kappa shape index (κ1) is 23.7. The van der Waals surface area contributed by atoms with E-state index in [9.17, 15) is 13.2 Å². The SMILES string of the molecule is CC/C(=N\OCc1ccc(S(C)(=O)=O)cc1)c1ccc(OCC(=O)N2CCOCC2)cc1. The molecule has 0 unspecified atom stereocenters. The Labute approximate surface area is 188 Å². The van der Waals surface area contributed by atoms with E-state index < -0.39 is 9.84 Å². The van der Waals surface area contributed by atoms with Crippen LogP contribution in [-0.2, 0) is 30.8 Å². The van der Waals surface area contributed by atoms with Gasteiger partial charge in [0.05, 0.1) is 23.8 Å². The predicted octanol–water partition coefficient (Wildman–Crippen LogP) is 2.66. The van der Waals surface area contributed by atoms with E-state index in [4.69, 9.17) is 14.3 Å². The van der Waals surface area contributed by atoms with Crippen molar-refractivity contribution in [3.63, 3.8) is 0 Å². The van der Waals surface area contributed by atoms with Crippen molar-refractivity contribution in [2.75, 3.05) is 39.2 Å². The monoisotopic (exact) mass is 460 g/mol. The summed E-state index contributed by atoms with van der Waals surface area (Å²) in [5.41, 5.74) is 2.49. The van der Waals surface area contributed by atoms with Crippen LogP contribution in [0.5, 0.6) is 5.75 Å². The van der Waals surface area contributed by atoms with Gasteiger partial charge in [0.1, 0.15) is 12.4 Å². The summed E-state index contributed by atoms with van der Waals surface area (Å²) >= 11 is 0. The second kappa shape index (κ2) is 11.1. The van der Waals surface area contributed by atoms with Gasteiger partial charge in [0, 0.05) is 19.3 Å². The van der Waals surface area contributed by atoms with Gasteiger partial charge in [-0.3, -0.25) is 4.79 Å². The molecule has 9 heteroatoms. The normalized spacial score (nSPS) is 14.8. The van der Waals surface area contributed by atoms with Crippen LogP contribution in [0.3, 0.4) is 0 Å². The molecule has 0 aliphatic carbocycles. The molecule has 0 atom stereocenters. The minimum absolute atomic E-state index is 0.00466. The zero-order valence-electron chi connectivity index (χ0n) is 18.3. The fourth-order valence-corrected chi connectivity index (χ4v) is 3.76. The number of hydrogen-bond donors (Lipinski definition) is 0. The number of hydrogen-bond acceptors (Lipinski definition) is 7. The topological polar surface area (TPSA) is 94.5 Å². The van der Waals surface area contributed by atoms with Crippen LogP contribution in [0.1, 0.15) is 24.5 Å². The number of sulfone groups is 1. The van der Waals surface area contributed by atoms with Gasteiger partial charge in [-0.25, -0.2) is 8.42 Å². The first-order chi connectivity index (χ1) is 15.4. The van der Waals surface area contributed by atoms with Crippen molar-refractivity contribution in [2.24, 2.45) is 5.16 Å². The van der Waals surface area contributed by atoms with Crippen LogP contribution < -0.4 is 4.74 Å². The molecule has 2 aromatic rings. The molecule has 1 aliphatic rings. The maximum absolute atomic E-state index is 12.2. The summed E-state index contributed by atoms with van der Waals surface area (Å²) in [6.45, 7) is 4.53. The largest absolute Gasteiger partial charge is 0.484 e. The lowest BCUT2D eigenvalue weighted by Gasteiger charge is -2.26. The van der Waals surface area contributed by atoms with Crippen molar-refractivity contribution < 1.29 is 27.5 Å². The highest BCUT2D eigenvalue weighted by molar-refractivity contribution is 7.90. The van der Waals surface area contributed by atoms with Gasteiger partial charge in [0.25, 0.3) is 5.91 Å². The number of oxime groups is 1. The number of ether oxygens (including phenoxy) is 2. The summed E-state index contributed by atoms with van der Waals surface area (Å²) in [7, 11) is -3.22. The Kier molecular flexibility index (Phi) is 8.24. The Morgan fingerprint density at radius 3 is 2.31 bits per heavy atom. The number of carbonyl (C=O) groups is 1. The molecular formula is C23H28N2O6S. The van der Waals surface area contributed by atoms with E-state index in [0.717, 1.165) is 16.8 Å². The highest BCUT2D eigenvalue weighted by Gasteiger charge is 2.17. The lowest BCUT2D eigenvalue weighted by atomic mass is 10.1. The molecule has 1 amide bonds. The average molecular weight is 461 g/mol. The Bertz CT molecular complexity index is 1030. The van der Waals surface area contributed by atoms with Crippen molar-refractivity contribution >= 4 is 21.5 Å². The summed E-state index contributed by atoms with van der Waals surface area (Å²) in [5.74, 6) is 0.559. The summed E-state index contributed by atoms with van der Waals surface area (Å²) in [4.78, 5) is 19.7. The molecule has 172 valence electrons. The maximum Gasteiger partial charge on any atom is 0.260 e. The number of rotatable bonds is 9. The molecule has 0 bridgehead atoms. The minimum Gasteiger partial charge on any atom is -0.484 e. The molecule has 0 radical (unpaired) electrons. The van der Waals surface area contributed by atoms with Crippen molar-refractivity contribution in [3.8, 4) is 5.75 Å². The lowest BCUT2D eigenvalue weighted by Crippen LogP contribution is -2.42. The van der Waals surface area contributed by atoms with Crippen LogP contribution in [-0.4, -0.2) is 64.1 Å². The van der Waals surface area contributed by atoms with Crippen molar-refractivity contribution in [3.05, 3.63) is 59.7 Å². The van der Waals surface area contributed by atoms with Crippen LogP contribution in [0.25, 0.3) is 0 Å². The van der Waals surface area contributed by atoms with Crippen LogP contribution in [0.4, 0.5) is 0 Å². The molecule has 1 fully saturated rings. The van der Waals surface area contributed by atoms with E-state index in [1.54, 1.807) is 41.3 Å². The zero-order chi connectivity index (χ0) is 23.0. The van der Waals surface area contributed by atoms with Crippen molar-refractivity contribution in [1.29, 1.82) is 0 Å². The van der Waals surface area contributed by atoms with Crippen LogP contribution >= 0.6 is 0 Å². The Balaban J connectivity index is 1.52. The number of carbonyl (C=O) groups excluding carboxylic acids is 1. The van der Waals surface area contributed by atoms with E-state index >= 15 is 0 Å². The fraction of sp³-hybridized carbons (Fsp3) is 0.391. The Morgan fingerprint density at radius 2 is 1.72 bits per heavy atom. The average Bonchev–Trinajstić information content (AvgIpc) is 2.81. The number of morpholine rings is 1. The van der Waals surface area contributed by atoms with Gasteiger partial charge in [-0.05, 0) is 53.9 Å². The molecule has 1 saturated heterocycles. The van der Waals surface area contributed by atoms with E-state index in [-0.39, 0.29) is 24.0 Å². The molecule has 0 spiro atoms. The van der Waals surface area contributed by atoms with Gasteiger partial charge in [-0.2, -0.15) is 0 Å². The molecule has 1 heterocycles. The van der Waals surface area contributed by atoms with Gasteiger partial charge in [0.15, 0.2) is 16.4 Å². The first-order valence-corrected chi connectivity index (χ1v) is 12.3. The van der Waals surface area contributed by atoms with E-state index in [0.29, 0.717) is 38.5 Å². The summed E-state index contributed by atoms with van der Waals surface area (Å²) < 4.78 is 33.9. The molecule has 3 rings (SSSR count). The molecule has 0 saturated carbocycles. The van der Waals surface area contributed by atoms with Crippen molar-refractivity contribution in [2.45, 2.75) is 24.8 Å². The quantitative estimate of drug-likeness (QED) is 0.422. The van der Waals surface area contributed by atoms with Gasteiger partial charge in [0.2, 0.25) is 0 Å². The third-order valence-electron chi connectivity index (χ3n) is 5.01. The Morgan fingerprint density at radius 1 is 1.06 bits per heavy atom. The number of benzene rings is 2.